The van der Waals surface area contributed by atoms with E-state index >= 15 is 0 Å². The van der Waals surface area contributed by atoms with Crippen molar-refractivity contribution in [2.45, 2.75) is 51.5 Å². The van der Waals surface area contributed by atoms with Crippen molar-refractivity contribution in [1.29, 1.82) is 0 Å². The van der Waals surface area contributed by atoms with Crippen molar-refractivity contribution < 1.29 is 0 Å². The Bertz CT molecular complexity index is 329. The van der Waals surface area contributed by atoms with Crippen molar-refractivity contribution >= 4 is 11.6 Å². The predicted molar refractivity (Wildman–Crippen MR) is 76.6 cm³/mol. The molecule has 96 valence electrons. The molecule has 0 radical (unpaired) electrons. The Hall–Kier alpha value is -0.530. The predicted octanol–water partition coefficient (Wildman–Crippen LogP) is 4.75. The molecule has 1 aromatic rings. The van der Waals surface area contributed by atoms with Crippen LogP contribution in [0.1, 0.15) is 51.5 Å². The summed E-state index contributed by atoms with van der Waals surface area (Å²) < 4.78 is 0. The molecule has 0 unspecified atom stereocenters. The topological polar surface area (TPSA) is 12.0 Å². The highest BCUT2D eigenvalue weighted by atomic mass is 35.5. The molecule has 17 heavy (non-hydrogen) atoms. The van der Waals surface area contributed by atoms with Gasteiger partial charge in [-0.3, -0.25) is 0 Å². The number of hydrogen-bond acceptors (Lipinski definition) is 1. The molecule has 0 amide bonds. The van der Waals surface area contributed by atoms with Gasteiger partial charge in [0.1, 0.15) is 0 Å². The van der Waals surface area contributed by atoms with Gasteiger partial charge in [-0.2, -0.15) is 0 Å². The summed E-state index contributed by atoms with van der Waals surface area (Å²) in [5.74, 6) is 0. The molecular weight excluding hydrogens is 230 g/mol. The first kappa shape index (κ1) is 14.5. The van der Waals surface area contributed by atoms with E-state index in [0.29, 0.717) is 0 Å². The largest absolute Gasteiger partial charge is 0.310 e. The maximum Gasteiger partial charge on any atom is 0.0456 e. The molecule has 0 heterocycles. The van der Waals surface area contributed by atoms with E-state index in [1.807, 2.05) is 25.2 Å². The maximum absolute atomic E-state index is 6.09. The minimum atomic E-state index is 0.193. The normalized spacial score (nSPS) is 16.0. The van der Waals surface area contributed by atoms with Crippen molar-refractivity contribution in [3.05, 3.63) is 34.9 Å². The average molecular weight is 254 g/mol. The van der Waals surface area contributed by atoms with Crippen LogP contribution in [-0.4, -0.2) is 7.05 Å². The van der Waals surface area contributed by atoms with Crippen LogP contribution in [0.2, 0.25) is 5.02 Å². The van der Waals surface area contributed by atoms with E-state index in [4.69, 9.17) is 11.6 Å². The van der Waals surface area contributed by atoms with E-state index < -0.39 is 0 Å². The first-order valence-electron chi connectivity index (χ1n) is 6.64. The molecular formula is C15H24ClN. The van der Waals surface area contributed by atoms with E-state index in [0.717, 1.165) is 5.02 Å². The Balaban J connectivity index is 0.000000249. The molecule has 2 heteroatoms. The zero-order valence-electron chi connectivity index (χ0n) is 11.2. The van der Waals surface area contributed by atoms with Gasteiger partial charge >= 0.3 is 0 Å². The summed E-state index contributed by atoms with van der Waals surface area (Å²) in [6.45, 7) is 4.42. The Kier molecular flexibility index (Phi) is 6.01. The first-order chi connectivity index (χ1) is 8.20. The second-order valence-electron chi connectivity index (χ2n) is 4.67. The highest BCUT2D eigenvalue weighted by Gasteiger charge is 2.43. The molecule has 1 saturated carbocycles. The summed E-state index contributed by atoms with van der Waals surface area (Å²) >= 11 is 6.09. The van der Waals surface area contributed by atoms with Gasteiger partial charge in [-0.25, -0.2) is 0 Å². The van der Waals surface area contributed by atoms with Crippen molar-refractivity contribution in [2.24, 2.45) is 0 Å². The molecule has 1 aliphatic rings. The third-order valence-electron chi connectivity index (χ3n) is 3.33. The minimum Gasteiger partial charge on any atom is -0.310 e. The van der Waals surface area contributed by atoms with Gasteiger partial charge in [-0.05, 0) is 31.5 Å². The number of hydrogen-bond donors (Lipinski definition) is 1. The molecule has 1 nitrogen and oxygen atoms in total. The Labute approximate surface area is 111 Å². The Morgan fingerprint density at radius 2 is 1.76 bits per heavy atom. The zero-order valence-corrected chi connectivity index (χ0v) is 12.0. The molecule has 1 aliphatic carbocycles. The molecule has 2 rings (SSSR count). The van der Waals surface area contributed by atoms with Gasteiger partial charge in [-0.1, -0.05) is 62.9 Å². The van der Waals surface area contributed by atoms with Gasteiger partial charge in [0.2, 0.25) is 0 Å². The molecule has 0 spiro atoms. The second-order valence-corrected chi connectivity index (χ2v) is 5.07. The van der Waals surface area contributed by atoms with Gasteiger partial charge in [0.05, 0.1) is 0 Å². The van der Waals surface area contributed by atoms with Crippen LogP contribution in [0.15, 0.2) is 24.3 Å². The fourth-order valence-corrected chi connectivity index (χ4v) is 2.30. The van der Waals surface area contributed by atoms with Gasteiger partial charge < -0.3 is 5.32 Å². The quantitative estimate of drug-likeness (QED) is 0.817. The standard InChI is InChI=1S/C10H12ClN.C5H12/c1-12-10(6-7-10)8-4-2-3-5-9(8)11;1-3-5-4-2/h2-5,12H,6-7H2,1H3;3-5H2,1-2H3. The number of benzene rings is 1. The first-order valence-corrected chi connectivity index (χ1v) is 7.02. The van der Waals surface area contributed by atoms with Crippen LogP contribution in [0, 0.1) is 0 Å². The lowest BCUT2D eigenvalue weighted by atomic mass is 10.1. The van der Waals surface area contributed by atoms with Gasteiger partial charge in [0.15, 0.2) is 0 Å². The van der Waals surface area contributed by atoms with Crippen molar-refractivity contribution in [3.8, 4) is 0 Å². The van der Waals surface area contributed by atoms with Crippen molar-refractivity contribution in [2.75, 3.05) is 7.05 Å². The number of halogens is 1. The summed E-state index contributed by atoms with van der Waals surface area (Å²) in [5.41, 5.74) is 1.44. The fraction of sp³-hybridized carbons (Fsp3) is 0.600. The van der Waals surface area contributed by atoms with Crippen LogP contribution >= 0.6 is 11.6 Å². The maximum atomic E-state index is 6.09. The zero-order chi connectivity index (χ0) is 12.7. The summed E-state index contributed by atoms with van der Waals surface area (Å²) in [7, 11) is 2.00. The van der Waals surface area contributed by atoms with E-state index in [-0.39, 0.29) is 5.54 Å². The van der Waals surface area contributed by atoms with E-state index in [1.54, 1.807) is 0 Å². The van der Waals surface area contributed by atoms with E-state index in [9.17, 15) is 0 Å². The van der Waals surface area contributed by atoms with Gasteiger partial charge in [0.25, 0.3) is 0 Å². The molecule has 1 aromatic carbocycles. The molecule has 0 aliphatic heterocycles. The molecule has 0 aromatic heterocycles. The van der Waals surface area contributed by atoms with E-state index in [1.165, 1.54) is 37.7 Å². The molecule has 1 N–H and O–H groups in total. The summed E-state index contributed by atoms with van der Waals surface area (Å²) in [6.07, 6.45) is 6.48. The van der Waals surface area contributed by atoms with Crippen LogP contribution in [0.5, 0.6) is 0 Å². The van der Waals surface area contributed by atoms with Crippen LogP contribution in [0.4, 0.5) is 0 Å². The SMILES string of the molecule is CCCCC.CNC1(c2ccccc2Cl)CC1. The lowest BCUT2D eigenvalue weighted by Gasteiger charge is -2.15. The second kappa shape index (κ2) is 7.03. The minimum absolute atomic E-state index is 0.193. The lowest BCUT2D eigenvalue weighted by molar-refractivity contribution is 0.586. The number of nitrogens with one attached hydrogen (secondary N) is 1. The summed E-state index contributed by atoms with van der Waals surface area (Å²) in [4.78, 5) is 0. The van der Waals surface area contributed by atoms with Gasteiger partial charge in [0, 0.05) is 10.6 Å². The number of rotatable bonds is 4. The summed E-state index contributed by atoms with van der Waals surface area (Å²) in [6, 6.07) is 8.07. The molecule has 1 fully saturated rings. The van der Waals surface area contributed by atoms with Crippen LogP contribution in [0.25, 0.3) is 0 Å². The Morgan fingerprint density at radius 1 is 1.18 bits per heavy atom. The Morgan fingerprint density at radius 3 is 2.12 bits per heavy atom. The number of unbranched alkanes of at least 4 members (excludes halogenated alkanes) is 2. The highest BCUT2D eigenvalue weighted by molar-refractivity contribution is 6.31. The van der Waals surface area contributed by atoms with Crippen LogP contribution in [-0.2, 0) is 5.54 Å². The van der Waals surface area contributed by atoms with Crippen molar-refractivity contribution in [1.82, 2.24) is 5.32 Å². The van der Waals surface area contributed by atoms with Gasteiger partial charge in [-0.15, -0.1) is 0 Å². The smallest absolute Gasteiger partial charge is 0.0456 e. The highest BCUT2D eigenvalue weighted by Crippen LogP contribution is 2.47. The third kappa shape index (κ3) is 4.01. The summed E-state index contributed by atoms with van der Waals surface area (Å²) in [5, 5.41) is 4.20. The molecule has 0 saturated heterocycles. The fourth-order valence-electron chi connectivity index (χ4n) is 1.98. The van der Waals surface area contributed by atoms with Crippen molar-refractivity contribution in [3.63, 3.8) is 0 Å². The average Bonchev–Trinajstić information content (AvgIpc) is 3.12. The monoisotopic (exact) mass is 253 g/mol. The lowest BCUT2D eigenvalue weighted by Crippen LogP contribution is -2.24. The van der Waals surface area contributed by atoms with Crippen LogP contribution in [0.3, 0.4) is 0 Å². The van der Waals surface area contributed by atoms with E-state index in [2.05, 4.69) is 25.2 Å². The molecule has 0 atom stereocenters. The van der Waals surface area contributed by atoms with Crippen LogP contribution < -0.4 is 5.32 Å². The third-order valence-corrected chi connectivity index (χ3v) is 3.65. The molecule has 0 bridgehead atoms.